The molecule has 26 heavy (non-hydrogen) atoms. The molecule has 2 atom stereocenters. The lowest BCUT2D eigenvalue weighted by molar-refractivity contribution is 0.103. The number of aromatic nitrogens is 3. The van der Waals surface area contributed by atoms with E-state index < -0.39 is 5.82 Å². The summed E-state index contributed by atoms with van der Waals surface area (Å²) in [6.07, 6.45) is 3.11. The molecule has 1 fully saturated rings. The predicted molar refractivity (Wildman–Crippen MR) is 105 cm³/mol. The van der Waals surface area contributed by atoms with Crippen LogP contribution in [0.5, 0.6) is 5.75 Å². The van der Waals surface area contributed by atoms with Gasteiger partial charge in [-0.05, 0) is 57.3 Å². The first-order chi connectivity index (χ1) is 12.2. The molecular weight excluding hydrogens is 537 g/mol. The molecule has 9 heteroatoms. The molecule has 1 saturated carbocycles. The third-order valence-electron chi connectivity index (χ3n) is 4.47. The van der Waals surface area contributed by atoms with Gasteiger partial charge in [-0.25, -0.2) is 14.4 Å². The van der Waals surface area contributed by atoms with Crippen molar-refractivity contribution in [3.05, 3.63) is 56.2 Å². The van der Waals surface area contributed by atoms with Crippen LogP contribution in [0.3, 0.4) is 0 Å². The average molecular weight is 548 g/mol. The second-order valence-electron chi connectivity index (χ2n) is 6.44. The minimum Gasteiger partial charge on any atom is -0.506 e. The van der Waals surface area contributed by atoms with Crippen LogP contribution >= 0.6 is 47.8 Å². The van der Waals surface area contributed by atoms with E-state index in [4.69, 9.17) is 0 Å². The largest absolute Gasteiger partial charge is 0.506 e. The normalized spacial score (nSPS) is 22.0. The second kappa shape index (κ2) is 6.10. The zero-order valence-electron chi connectivity index (χ0n) is 13.3. The number of hydrogen-bond acceptors (Lipinski definition) is 4. The fourth-order valence-electron chi connectivity index (χ4n) is 2.95. The van der Waals surface area contributed by atoms with Crippen molar-refractivity contribution >= 4 is 59.4 Å². The molecule has 0 amide bonds. The number of ketones is 1. The maximum absolute atomic E-state index is 13.8. The summed E-state index contributed by atoms with van der Waals surface area (Å²) in [4.78, 5) is 21.7. The van der Waals surface area contributed by atoms with E-state index in [1.54, 1.807) is 0 Å². The number of rotatable bonds is 3. The maximum atomic E-state index is 13.8. The topological polar surface area (TPSA) is 67.5 Å². The number of carbonyl (C=O) groups excluding carboxylic acids is 1. The summed E-state index contributed by atoms with van der Waals surface area (Å²) in [6.45, 7) is 2.03. The summed E-state index contributed by atoms with van der Waals surface area (Å²) in [5, 5.41) is 9.88. The number of nitrogens with zero attached hydrogens (tertiary/aromatic N) is 3. The molecule has 2 unspecified atom stereocenters. The lowest BCUT2D eigenvalue weighted by Gasteiger charge is -2.08. The molecule has 2 heterocycles. The Morgan fingerprint density at radius 3 is 2.58 bits per heavy atom. The highest BCUT2D eigenvalue weighted by molar-refractivity contribution is 9.11. The van der Waals surface area contributed by atoms with Crippen molar-refractivity contribution in [1.82, 2.24) is 14.4 Å². The Labute approximate surface area is 173 Å². The molecule has 0 spiro atoms. The first kappa shape index (κ1) is 18.1. The van der Waals surface area contributed by atoms with Gasteiger partial charge in [-0.2, -0.15) is 0 Å². The van der Waals surface area contributed by atoms with Gasteiger partial charge in [0.05, 0.1) is 27.0 Å². The van der Waals surface area contributed by atoms with Crippen molar-refractivity contribution in [2.45, 2.75) is 23.6 Å². The summed E-state index contributed by atoms with van der Waals surface area (Å²) in [6, 6.07) is 3.05. The van der Waals surface area contributed by atoms with E-state index in [0.29, 0.717) is 20.2 Å². The van der Waals surface area contributed by atoms with Crippen molar-refractivity contribution in [2.24, 2.45) is 0 Å². The predicted octanol–water partition coefficient (Wildman–Crippen LogP) is 4.97. The number of benzene rings is 1. The summed E-state index contributed by atoms with van der Waals surface area (Å²) in [5.41, 5.74) is 1.21. The molecule has 2 aromatic heterocycles. The van der Waals surface area contributed by atoms with Crippen LogP contribution in [0.4, 0.5) is 4.39 Å². The number of hydrogen-bond donors (Lipinski definition) is 1. The highest BCUT2D eigenvalue weighted by Crippen LogP contribution is 2.58. The average Bonchev–Trinajstić information content (AvgIpc) is 3.05. The number of imidazole rings is 1. The fourth-order valence-corrected chi connectivity index (χ4v) is 4.68. The number of phenols is 1. The van der Waals surface area contributed by atoms with Crippen LogP contribution in [0.1, 0.15) is 41.0 Å². The molecule has 1 N–H and O–H groups in total. The van der Waals surface area contributed by atoms with Gasteiger partial charge in [-0.15, -0.1) is 0 Å². The molecule has 0 radical (unpaired) electrons. The van der Waals surface area contributed by atoms with Crippen molar-refractivity contribution in [3.8, 4) is 5.75 Å². The Morgan fingerprint density at radius 2 is 2.00 bits per heavy atom. The van der Waals surface area contributed by atoms with Gasteiger partial charge >= 0.3 is 0 Å². The molecule has 5 nitrogen and oxygen atoms in total. The van der Waals surface area contributed by atoms with E-state index in [1.807, 2.05) is 6.92 Å². The highest BCUT2D eigenvalue weighted by atomic mass is 79.9. The van der Waals surface area contributed by atoms with Crippen LogP contribution < -0.4 is 0 Å². The van der Waals surface area contributed by atoms with Crippen LogP contribution in [-0.4, -0.2) is 29.6 Å². The summed E-state index contributed by atoms with van der Waals surface area (Å²) in [5.74, 6) is -0.563. The molecular formula is C17H11Br3FN3O2. The number of phenolic OH excluding ortho intramolecular Hbond substituents is 1. The Balaban J connectivity index is 1.93. The van der Waals surface area contributed by atoms with Gasteiger partial charge in [0.1, 0.15) is 11.4 Å². The SMILES string of the molecule is CC1(Br)CC1c1nc2ncc(F)cn2c1C(=O)c1cc(Br)c(O)c(Br)c1. The van der Waals surface area contributed by atoms with Gasteiger partial charge < -0.3 is 5.11 Å². The van der Waals surface area contributed by atoms with E-state index >= 15 is 0 Å². The van der Waals surface area contributed by atoms with Gasteiger partial charge in [0.25, 0.3) is 0 Å². The van der Waals surface area contributed by atoms with E-state index in [0.717, 1.165) is 12.6 Å². The Kier molecular flexibility index (Phi) is 4.24. The Bertz CT molecular complexity index is 1060. The molecule has 4 rings (SSSR count). The maximum Gasteiger partial charge on any atom is 0.234 e. The van der Waals surface area contributed by atoms with Gasteiger partial charge in [-0.1, -0.05) is 15.9 Å². The molecule has 3 aromatic rings. The number of aromatic hydroxyl groups is 1. The molecule has 0 saturated heterocycles. The van der Waals surface area contributed by atoms with Crippen molar-refractivity contribution in [1.29, 1.82) is 0 Å². The second-order valence-corrected chi connectivity index (χ2v) is 9.96. The molecule has 134 valence electrons. The zero-order chi connectivity index (χ0) is 18.8. The zero-order valence-corrected chi connectivity index (χ0v) is 18.1. The summed E-state index contributed by atoms with van der Waals surface area (Å²) in [7, 11) is 0. The van der Waals surface area contributed by atoms with Crippen LogP contribution in [0.2, 0.25) is 0 Å². The third-order valence-corrected chi connectivity index (χ3v) is 6.55. The molecule has 1 aromatic carbocycles. The van der Waals surface area contributed by atoms with Gasteiger partial charge in [0.2, 0.25) is 11.6 Å². The van der Waals surface area contributed by atoms with E-state index in [9.17, 15) is 14.3 Å². The van der Waals surface area contributed by atoms with Crippen LogP contribution in [0, 0.1) is 5.82 Å². The van der Waals surface area contributed by atoms with E-state index in [2.05, 4.69) is 57.8 Å². The number of fused-ring (bicyclic) bond motifs is 1. The minimum atomic E-state index is -0.555. The highest BCUT2D eigenvalue weighted by Gasteiger charge is 2.52. The van der Waals surface area contributed by atoms with E-state index in [1.165, 1.54) is 22.7 Å². The molecule has 0 aliphatic heterocycles. The van der Waals surface area contributed by atoms with Gasteiger partial charge in [-0.3, -0.25) is 9.20 Å². The van der Waals surface area contributed by atoms with Crippen LogP contribution in [0.25, 0.3) is 5.78 Å². The lowest BCUT2D eigenvalue weighted by Crippen LogP contribution is -2.10. The smallest absolute Gasteiger partial charge is 0.234 e. The third kappa shape index (κ3) is 2.90. The van der Waals surface area contributed by atoms with Gasteiger partial charge in [0.15, 0.2) is 5.82 Å². The van der Waals surface area contributed by atoms with E-state index in [-0.39, 0.29) is 33.2 Å². The van der Waals surface area contributed by atoms with Crippen molar-refractivity contribution < 1.29 is 14.3 Å². The van der Waals surface area contributed by atoms with Crippen molar-refractivity contribution in [2.75, 3.05) is 0 Å². The van der Waals surface area contributed by atoms with Crippen molar-refractivity contribution in [3.63, 3.8) is 0 Å². The first-order valence-electron chi connectivity index (χ1n) is 7.64. The Hall–Kier alpha value is -1.32. The lowest BCUT2D eigenvalue weighted by atomic mass is 10.0. The van der Waals surface area contributed by atoms with Crippen LogP contribution in [0.15, 0.2) is 33.5 Å². The van der Waals surface area contributed by atoms with Gasteiger partial charge in [0, 0.05) is 15.8 Å². The molecule has 1 aliphatic carbocycles. The number of alkyl halides is 1. The number of halogens is 4. The quantitative estimate of drug-likeness (QED) is 0.371. The molecule has 0 bridgehead atoms. The number of carbonyl (C=O) groups is 1. The fraction of sp³-hybridized carbons (Fsp3) is 0.235. The Morgan fingerprint density at radius 1 is 1.38 bits per heavy atom. The first-order valence-corrected chi connectivity index (χ1v) is 10.0. The van der Waals surface area contributed by atoms with Crippen LogP contribution in [-0.2, 0) is 0 Å². The summed E-state index contributed by atoms with van der Waals surface area (Å²) >= 11 is 10.1. The summed E-state index contributed by atoms with van der Waals surface area (Å²) < 4.78 is 15.8. The minimum absolute atomic E-state index is 0.00264. The monoisotopic (exact) mass is 545 g/mol. The molecule has 1 aliphatic rings. The standard InChI is InChI=1S/C17H11Br3FN3O2/c1-17(20)4-9(17)12-13(24-6-8(21)5-22-16(24)23-12)14(25)7-2-10(18)15(26)11(19)3-7/h2-3,5-6,9,26H,4H2,1H3.